The highest BCUT2D eigenvalue weighted by Gasteiger charge is 2.35. The lowest BCUT2D eigenvalue weighted by Crippen LogP contribution is -2.29. The Morgan fingerprint density at radius 1 is 1.06 bits per heavy atom. The molecule has 0 radical (unpaired) electrons. The van der Waals surface area contributed by atoms with Crippen molar-refractivity contribution >= 4 is 44.9 Å². The predicted molar refractivity (Wildman–Crippen MR) is 125 cm³/mol. The summed E-state index contributed by atoms with van der Waals surface area (Å²) < 4.78 is 13.6. The molecule has 0 amide bonds. The fourth-order valence-corrected chi connectivity index (χ4v) is 4.67. The van der Waals surface area contributed by atoms with Gasteiger partial charge < -0.3 is 14.5 Å². The summed E-state index contributed by atoms with van der Waals surface area (Å²) in [6, 6.07) is 21.7. The molecule has 32 heavy (non-hydrogen) atoms. The number of fused-ring (bicyclic) bond motifs is 6. The second-order valence-electron chi connectivity index (χ2n) is 7.93. The fourth-order valence-electron chi connectivity index (χ4n) is 4.67. The number of carbonyl (C=O) groups excluding carboxylic acids is 1. The Balaban J connectivity index is 1.64. The largest absolute Gasteiger partial charge is 0.463 e. The average molecular weight is 423 g/mol. The van der Waals surface area contributed by atoms with Crippen LogP contribution in [0.4, 0.5) is 5.95 Å². The number of ether oxygens (including phenoxy) is 1. The van der Waals surface area contributed by atoms with E-state index in [1.807, 2.05) is 68.4 Å². The molecule has 0 unspecified atom stereocenters. The number of furan rings is 1. The Bertz CT molecular complexity index is 1560. The Morgan fingerprint density at radius 2 is 1.84 bits per heavy atom. The minimum atomic E-state index is -0.379. The van der Waals surface area contributed by atoms with E-state index in [1.54, 1.807) is 0 Å². The van der Waals surface area contributed by atoms with Crippen molar-refractivity contribution in [2.75, 3.05) is 11.9 Å². The van der Waals surface area contributed by atoms with Crippen LogP contribution in [0.1, 0.15) is 25.5 Å². The third-order valence-corrected chi connectivity index (χ3v) is 6.04. The summed E-state index contributed by atoms with van der Waals surface area (Å²) in [5.74, 6) is 0.377. The monoisotopic (exact) mass is 423 g/mol. The number of carbonyl (C=O) groups is 1. The number of hydrogen-bond acceptors (Lipinski definition) is 5. The summed E-state index contributed by atoms with van der Waals surface area (Å²) in [5.41, 5.74) is 5.77. The van der Waals surface area contributed by atoms with E-state index in [1.165, 1.54) is 0 Å². The van der Waals surface area contributed by atoms with Gasteiger partial charge in [-0.25, -0.2) is 9.78 Å². The topological polar surface area (TPSA) is 69.3 Å². The van der Waals surface area contributed by atoms with Gasteiger partial charge in [0.2, 0.25) is 5.95 Å². The number of anilines is 1. The second kappa shape index (κ2) is 6.99. The lowest BCUT2D eigenvalue weighted by atomic mass is 9.94. The van der Waals surface area contributed by atoms with Gasteiger partial charge in [-0.15, -0.1) is 0 Å². The highest BCUT2D eigenvalue weighted by Crippen LogP contribution is 2.41. The van der Waals surface area contributed by atoms with Gasteiger partial charge in [0.05, 0.1) is 29.3 Å². The average Bonchev–Trinajstić information content (AvgIpc) is 3.35. The van der Waals surface area contributed by atoms with Gasteiger partial charge in [-0.2, -0.15) is 0 Å². The highest BCUT2D eigenvalue weighted by molar-refractivity contribution is 6.05. The van der Waals surface area contributed by atoms with E-state index in [9.17, 15) is 4.79 Å². The molecule has 5 aromatic rings. The maximum atomic E-state index is 13.1. The maximum Gasteiger partial charge on any atom is 0.338 e. The summed E-state index contributed by atoms with van der Waals surface area (Å²) >= 11 is 0. The molecule has 6 heteroatoms. The van der Waals surface area contributed by atoms with E-state index in [-0.39, 0.29) is 12.0 Å². The molecule has 6 rings (SSSR count). The second-order valence-corrected chi connectivity index (χ2v) is 7.93. The molecule has 0 saturated heterocycles. The minimum absolute atomic E-state index is 0.311. The van der Waals surface area contributed by atoms with E-state index >= 15 is 0 Å². The number of aromatic nitrogens is 2. The van der Waals surface area contributed by atoms with E-state index < -0.39 is 0 Å². The molecule has 3 heterocycles. The van der Waals surface area contributed by atoms with Crippen molar-refractivity contribution in [2.24, 2.45) is 0 Å². The SMILES string of the molecule is CCOC(=O)C1=C(C)Nc2nc3ccccc3n2[C@@H]1c1ccc2oc3ccccc3c2c1. The Hall–Kier alpha value is -4.06. The number of esters is 1. The van der Waals surface area contributed by atoms with Gasteiger partial charge in [0.15, 0.2) is 0 Å². The lowest BCUT2D eigenvalue weighted by molar-refractivity contribution is -0.139. The molecule has 6 nitrogen and oxygen atoms in total. The van der Waals surface area contributed by atoms with Crippen LogP contribution in [-0.2, 0) is 9.53 Å². The maximum absolute atomic E-state index is 13.1. The van der Waals surface area contributed by atoms with Crippen molar-refractivity contribution in [1.29, 1.82) is 0 Å². The first-order valence-corrected chi connectivity index (χ1v) is 10.7. The molecule has 0 saturated carbocycles. The molecule has 0 bridgehead atoms. The molecule has 0 aliphatic carbocycles. The molecule has 3 aromatic carbocycles. The quantitative estimate of drug-likeness (QED) is 0.372. The van der Waals surface area contributed by atoms with Gasteiger partial charge in [0.25, 0.3) is 0 Å². The number of nitrogens with zero attached hydrogens (tertiary/aromatic N) is 2. The summed E-state index contributed by atoms with van der Waals surface area (Å²) in [6.07, 6.45) is 0. The summed E-state index contributed by atoms with van der Waals surface area (Å²) in [7, 11) is 0. The van der Waals surface area contributed by atoms with Crippen LogP contribution >= 0.6 is 0 Å². The number of rotatable bonds is 3. The smallest absolute Gasteiger partial charge is 0.338 e. The number of imidazole rings is 1. The minimum Gasteiger partial charge on any atom is -0.463 e. The molecule has 1 aliphatic heterocycles. The van der Waals surface area contributed by atoms with E-state index in [4.69, 9.17) is 14.1 Å². The van der Waals surface area contributed by atoms with Crippen LogP contribution in [-0.4, -0.2) is 22.1 Å². The van der Waals surface area contributed by atoms with Gasteiger partial charge in [-0.1, -0.05) is 36.4 Å². The number of benzene rings is 3. The van der Waals surface area contributed by atoms with Crippen molar-refractivity contribution < 1.29 is 13.9 Å². The van der Waals surface area contributed by atoms with Crippen LogP contribution < -0.4 is 5.32 Å². The Kier molecular flexibility index (Phi) is 4.08. The predicted octanol–water partition coefficient (Wildman–Crippen LogP) is 5.79. The van der Waals surface area contributed by atoms with Crippen LogP contribution in [0.3, 0.4) is 0 Å². The zero-order valence-corrected chi connectivity index (χ0v) is 17.8. The van der Waals surface area contributed by atoms with E-state index in [0.29, 0.717) is 18.1 Å². The van der Waals surface area contributed by atoms with Crippen LogP contribution in [0.25, 0.3) is 33.0 Å². The molecule has 1 atom stereocenters. The number of hydrogen-bond donors (Lipinski definition) is 1. The Labute approximate surface area is 184 Å². The number of para-hydroxylation sites is 3. The number of nitrogens with one attached hydrogen (secondary N) is 1. The van der Waals surface area contributed by atoms with Crippen molar-refractivity contribution in [3.8, 4) is 0 Å². The van der Waals surface area contributed by atoms with Crippen LogP contribution in [0.15, 0.2) is 82.4 Å². The molecular weight excluding hydrogens is 402 g/mol. The summed E-state index contributed by atoms with van der Waals surface area (Å²) in [4.78, 5) is 17.9. The van der Waals surface area contributed by atoms with E-state index in [2.05, 4.69) is 22.0 Å². The van der Waals surface area contributed by atoms with Crippen LogP contribution in [0, 0.1) is 0 Å². The van der Waals surface area contributed by atoms with Gasteiger partial charge in [0.1, 0.15) is 11.2 Å². The third kappa shape index (κ3) is 2.66. The molecule has 1 N–H and O–H groups in total. The van der Waals surface area contributed by atoms with Crippen LogP contribution in [0.2, 0.25) is 0 Å². The van der Waals surface area contributed by atoms with Crippen molar-refractivity contribution in [2.45, 2.75) is 19.9 Å². The van der Waals surface area contributed by atoms with E-state index in [0.717, 1.165) is 44.2 Å². The highest BCUT2D eigenvalue weighted by atomic mass is 16.5. The molecule has 0 spiro atoms. The normalized spacial score (nSPS) is 15.9. The summed E-state index contributed by atoms with van der Waals surface area (Å²) in [6.45, 7) is 4.03. The molecule has 2 aromatic heterocycles. The van der Waals surface area contributed by atoms with Gasteiger partial charge in [-0.05, 0) is 49.7 Å². The van der Waals surface area contributed by atoms with Crippen molar-refractivity contribution in [3.05, 3.63) is 83.6 Å². The zero-order valence-electron chi connectivity index (χ0n) is 17.8. The summed E-state index contributed by atoms with van der Waals surface area (Å²) in [5, 5.41) is 5.38. The molecule has 0 fully saturated rings. The Morgan fingerprint density at radius 3 is 2.72 bits per heavy atom. The third-order valence-electron chi connectivity index (χ3n) is 6.04. The molecule has 1 aliphatic rings. The zero-order chi connectivity index (χ0) is 21.8. The van der Waals surface area contributed by atoms with Crippen molar-refractivity contribution in [3.63, 3.8) is 0 Å². The first-order valence-electron chi connectivity index (χ1n) is 10.7. The standard InChI is InChI=1S/C26H21N3O3/c1-3-31-25(30)23-15(2)27-26-28-19-9-5-6-10-20(19)29(26)24(23)16-12-13-22-18(14-16)17-8-4-7-11-21(17)32-22/h4-14,24H,3H2,1-2H3,(H,27,28)/t24-/m1/s1. The van der Waals surface area contributed by atoms with Crippen molar-refractivity contribution in [1.82, 2.24) is 9.55 Å². The lowest BCUT2D eigenvalue weighted by Gasteiger charge is -2.30. The number of allylic oxidation sites excluding steroid dienone is 1. The fraction of sp³-hybridized carbons (Fsp3) is 0.154. The van der Waals surface area contributed by atoms with Gasteiger partial charge in [0, 0.05) is 16.5 Å². The van der Waals surface area contributed by atoms with Gasteiger partial charge >= 0.3 is 5.97 Å². The first kappa shape index (κ1) is 18.7. The molecule has 158 valence electrons. The molecular formula is C26H21N3O3. The van der Waals surface area contributed by atoms with Crippen LogP contribution in [0.5, 0.6) is 0 Å². The van der Waals surface area contributed by atoms with Gasteiger partial charge in [-0.3, -0.25) is 4.57 Å². The first-order chi connectivity index (χ1) is 15.7.